The van der Waals surface area contributed by atoms with E-state index in [9.17, 15) is 0 Å². The third-order valence-electron chi connectivity index (χ3n) is 7.59. The SMILES string of the molecule is COc1ccc(CN2CC[C@@H](c3ccc(Nc4ccccc4)cc3)[C@H](COc3ccc4c(c3)OCO4)C2)cc1. The van der Waals surface area contributed by atoms with Crippen molar-refractivity contribution in [2.45, 2.75) is 18.9 Å². The van der Waals surface area contributed by atoms with Crippen LogP contribution in [-0.4, -0.2) is 38.5 Å². The number of anilines is 2. The van der Waals surface area contributed by atoms with Gasteiger partial charge in [-0.05, 0) is 78.5 Å². The molecule has 2 atom stereocenters. The Balaban J connectivity index is 1.16. The molecule has 0 aliphatic carbocycles. The number of fused-ring (bicyclic) bond motifs is 1. The van der Waals surface area contributed by atoms with Crippen molar-refractivity contribution in [3.63, 3.8) is 0 Å². The number of ether oxygens (including phenoxy) is 4. The lowest BCUT2D eigenvalue weighted by Gasteiger charge is -2.39. The summed E-state index contributed by atoms with van der Waals surface area (Å²) in [6.07, 6.45) is 1.08. The predicted molar refractivity (Wildman–Crippen MR) is 153 cm³/mol. The third-order valence-corrected chi connectivity index (χ3v) is 7.59. The van der Waals surface area contributed by atoms with E-state index >= 15 is 0 Å². The van der Waals surface area contributed by atoms with E-state index in [4.69, 9.17) is 18.9 Å². The summed E-state index contributed by atoms with van der Waals surface area (Å²) in [4.78, 5) is 2.54. The Morgan fingerprint density at radius 1 is 0.821 bits per heavy atom. The molecule has 2 heterocycles. The number of benzene rings is 4. The van der Waals surface area contributed by atoms with Crippen molar-refractivity contribution in [2.24, 2.45) is 5.92 Å². The van der Waals surface area contributed by atoms with Crippen LogP contribution < -0.4 is 24.3 Å². The monoisotopic (exact) mass is 522 g/mol. The van der Waals surface area contributed by atoms with E-state index in [0.29, 0.717) is 18.4 Å². The summed E-state index contributed by atoms with van der Waals surface area (Å²) < 4.78 is 22.7. The molecule has 0 radical (unpaired) electrons. The lowest BCUT2D eigenvalue weighted by atomic mass is 9.80. The molecule has 2 aliphatic heterocycles. The van der Waals surface area contributed by atoms with Crippen molar-refractivity contribution in [1.29, 1.82) is 0 Å². The minimum absolute atomic E-state index is 0.263. The Bertz CT molecular complexity index is 1360. The number of hydrogen-bond donors (Lipinski definition) is 1. The summed E-state index contributed by atoms with van der Waals surface area (Å²) in [5, 5.41) is 3.49. The smallest absolute Gasteiger partial charge is 0.231 e. The molecule has 0 amide bonds. The number of piperidine rings is 1. The average Bonchev–Trinajstić information content (AvgIpc) is 3.46. The van der Waals surface area contributed by atoms with E-state index in [1.165, 1.54) is 11.1 Å². The first kappa shape index (κ1) is 25.1. The van der Waals surface area contributed by atoms with Gasteiger partial charge in [0.25, 0.3) is 0 Å². The van der Waals surface area contributed by atoms with E-state index in [0.717, 1.165) is 60.4 Å². The molecule has 1 saturated heterocycles. The molecule has 0 unspecified atom stereocenters. The van der Waals surface area contributed by atoms with Crippen LogP contribution in [0.5, 0.6) is 23.0 Å². The molecule has 0 bridgehead atoms. The number of likely N-dealkylation sites (tertiary alicyclic amines) is 1. The number of nitrogens with one attached hydrogen (secondary N) is 1. The molecule has 1 fully saturated rings. The van der Waals surface area contributed by atoms with Gasteiger partial charge < -0.3 is 24.3 Å². The van der Waals surface area contributed by atoms with Crippen LogP contribution in [0.4, 0.5) is 11.4 Å². The maximum absolute atomic E-state index is 6.36. The fourth-order valence-corrected chi connectivity index (χ4v) is 5.52. The Kier molecular flexibility index (Phi) is 7.54. The van der Waals surface area contributed by atoms with Crippen molar-refractivity contribution in [1.82, 2.24) is 4.90 Å². The highest BCUT2D eigenvalue weighted by Crippen LogP contribution is 2.38. The van der Waals surface area contributed by atoms with Gasteiger partial charge in [0.1, 0.15) is 11.5 Å². The molecule has 4 aromatic carbocycles. The molecule has 1 N–H and O–H groups in total. The van der Waals surface area contributed by atoms with E-state index in [1.807, 2.05) is 48.5 Å². The molecule has 0 saturated carbocycles. The number of para-hydroxylation sites is 1. The third kappa shape index (κ3) is 6.13. The van der Waals surface area contributed by atoms with Crippen molar-refractivity contribution >= 4 is 11.4 Å². The van der Waals surface area contributed by atoms with E-state index in [-0.39, 0.29) is 6.79 Å². The first-order valence-electron chi connectivity index (χ1n) is 13.5. The van der Waals surface area contributed by atoms with Gasteiger partial charge in [0.2, 0.25) is 6.79 Å². The van der Waals surface area contributed by atoms with Gasteiger partial charge in [-0.25, -0.2) is 0 Å². The van der Waals surface area contributed by atoms with Gasteiger partial charge >= 0.3 is 0 Å². The molecule has 200 valence electrons. The second-order valence-electron chi connectivity index (χ2n) is 10.2. The number of nitrogens with zero attached hydrogens (tertiary/aromatic N) is 1. The first-order chi connectivity index (χ1) is 19.2. The lowest BCUT2D eigenvalue weighted by molar-refractivity contribution is 0.106. The van der Waals surface area contributed by atoms with Crippen LogP contribution in [0.1, 0.15) is 23.5 Å². The molecular formula is C33H34N2O4. The van der Waals surface area contributed by atoms with Crippen LogP contribution in [0.3, 0.4) is 0 Å². The molecule has 0 spiro atoms. The van der Waals surface area contributed by atoms with E-state index in [2.05, 4.69) is 58.7 Å². The zero-order valence-corrected chi connectivity index (χ0v) is 22.2. The number of hydrogen-bond acceptors (Lipinski definition) is 6. The fourth-order valence-electron chi connectivity index (χ4n) is 5.52. The highest BCUT2D eigenvalue weighted by molar-refractivity contribution is 5.59. The summed E-state index contributed by atoms with van der Waals surface area (Å²) in [7, 11) is 1.70. The van der Waals surface area contributed by atoms with Gasteiger partial charge in [-0.15, -0.1) is 0 Å². The summed E-state index contributed by atoms with van der Waals surface area (Å²) in [5.41, 5.74) is 4.83. The van der Waals surface area contributed by atoms with Crippen molar-refractivity contribution in [3.8, 4) is 23.0 Å². The Morgan fingerprint density at radius 3 is 2.36 bits per heavy atom. The molecule has 4 aromatic rings. The molecular weight excluding hydrogens is 488 g/mol. The Labute approximate surface area is 230 Å². The van der Waals surface area contributed by atoms with Crippen LogP contribution in [0.15, 0.2) is 97.1 Å². The Morgan fingerprint density at radius 2 is 1.56 bits per heavy atom. The zero-order valence-electron chi connectivity index (χ0n) is 22.2. The number of rotatable bonds is 9. The highest BCUT2D eigenvalue weighted by Gasteiger charge is 2.31. The second-order valence-corrected chi connectivity index (χ2v) is 10.2. The molecule has 6 rings (SSSR count). The minimum atomic E-state index is 0.263. The summed E-state index contributed by atoms with van der Waals surface area (Å²) in [6.45, 7) is 3.82. The van der Waals surface area contributed by atoms with Crippen LogP contribution in [0, 0.1) is 5.92 Å². The first-order valence-corrected chi connectivity index (χ1v) is 13.5. The van der Waals surface area contributed by atoms with Gasteiger partial charge in [-0.1, -0.05) is 42.5 Å². The largest absolute Gasteiger partial charge is 0.497 e. The lowest BCUT2D eigenvalue weighted by Crippen LogP contribution is -2.41. The summed E-state index contributed by atoms with van der Waals surface area (Å²) in [5.74, 6) is 3.97. The van der Waals surface area contributed by atoms with E-state index in [1.54, 1.807) is 7.11 Å². The quantitative estimate of drug-likeness (QED) is 0.259. The molecule has 0 aromatic heterocycles. The molecule has 39 heavy (non-hydrogen) atoms. The normalized spacial score (nSPS) is 18.5. The van der Waals surface area contributed by atoms with Crippen LogP contribution in [0.25, 0.3) is 0 Å². The van der Waals surface area contributed by atoms with Crippen molar-refractivity contribution in [2.75, 3.05) is 38.9 Å². The standard InChI is InChI=1S/C33H34N2O4/c1-36-29-13-7-24(8-14-29)20-35-18-17-31(25-9-11-28(12-10-25)34-27-5-3-2-4-6-27)26(21-35)22-37-30-15-16-32-33(19-30)39-23-38-32/h2-16,19,26,31,34H,17-18,20-23H2,1H3/t26-,31-/m0/s1. The minimum Gasteiger partial charge on any atom is -0.497 e. The van der Waals surface area contributed by atoms with Gasteiger partial charge in [-0.2, -0.15) is 0 Å². The Hall–Kier alpha value is -4.16. The zero-order chi connectivity index (χ0) is 26.4. The van der Waals surface area contributed by atoms with Gasteiger partial charge in [0.15, 0.2) is 11.5 Å². The average molecular weight is 523 g/mol. The molecule has 6 nitrogen and oxygen atoms in total. The maximum Gasteiger partial charge on any atom is 0.231 e. The van der Waals surface area contributed by atoms with Crippen molar-refractivity contribution < 1.29 is 18.9 Å². The predicted octanol–water partition coefficient (Wildman–Crippen LogP) is 6.85. The summed E-state index contributed by atoms with van der Waals surface area (Å²) in [6, 6.07) is 33.4. The number of methoxy groups -OCH3 is 1. The van der Waals surface area contributed by atoms with Gasteiger partial charge in [0.05, 0.1) is 13.7 Å². The van der Waals surface area contributed by atoms with Crippen molar-refractivity contribution in [3.05, 3.63) is 108 Å². The topological polar surface area (TPSA) is 52.2 Å². The summed E-state index contributed by atoms with van der Waals surface area (Å²) >= 11 is 0. The van der Waals surface area contributed by atoms with Gasteiger partial charge in [-0.3, -0.25) is 4.90 Å². The fraction of sp³-hybridized carbons (Fsp3) is 0.273. The second kappa shape index (κ2) is 11.7. The molecule has 2 aliphatic rings. The van der Waals surface area contributed by atoms with E-state index < -0.39 is 0 Å². The van der Waals surface area contributed by atoms with Crippen LogP contribution in [-0.2, 0) is 6.54 Å². The maximum atomic E-state index is 6.36. The van der Waals surface area contributed by atoms with Crippen LogP contribution in [0.2, 0.25) is 0 Å². The van der Waals surface area contributed by atoms with Crippen LogP contribution >= 0.6 is 0 Å². The highest BCUT2D eigenvalue weighted by atomic mass is 16.7. The van der Waals surface area contributed by atoms with Gasteiger partial charge in [0, 0.05) is 36.4 Å². The molecule has 6 heteroatoms.